The Morgan fingerprint density at radius 1 is 0.919 bits per heavy atom. The van der Waals surface area contributed by atoms with Gasteiger partial charge in [-0.2, -0.15) is 0 Å². The number of aldehydes is 1. The van der Waals surface area contributed by atoms with Crippen LogP contribution < -0.4 is 0 Å². The fourth-order valence-electron chi connectivity index (χ4n) is 7.94. The average Bonchev–Trinajstić information content (AvgIpc) is 3.38. The first kappa shape index (κ1) is 25.0. The highest BCUT2D eigenvalue weighted by atomic mass is 16.6. The zero-order valence-corrected chi connectivity index (χ0v) is 21.8. The first-order valence-electron chi connectivity index (χ1n) is 13.8. The molecular weight excluding hydrogens is 464 g/mol. The number of benzene rings is 2. The summed E-state index contributed by atoms with van der Waals surface area (Å²) in [5, 5.41) is 11.6. The van der Waals surface area contributed by atoms with Crippen molar-refractivity contribution in [2.45, 2.75) is 89.2 Å². The first-order chi connectivity index (χ1) is 18.0. The SMILES string of the molecule is CC1(C)C2C(C=O)[C@H](O)C3=C(CCCC3)[C@H](OCc3ccccc3)[C@]23C[C@@H](OCc2ccccc2)[C@@H]1O3. The quantitative estimate of drug-likeness (QED) is 0.406. The van der Waals surface area contributed by atoms with Crippen LogP contribution in [0.5, 0.6) is 0 Å². The third-order valence-electron chi connectivity index (χ3n) is 9.41. The molecule has 5 nitrogen and oxygen atoms in total. The van der Waals surface area contributed by atoms with E-state index < -0.39 is 17.6 Å². The molecular formula is C32H38O5. The smallest absolute Gasteiger partial charge is 0.126 e. The van der Waals surface area contributed by atoms with Gasteiger partial charge in [0.25, 0.3) is 0 Å². The van der Waals surface area contributed by atoms with Crippen molar-refractivity contribution in [1.82, 2.24) is 0 Å². The van der Waals surface area contributed by atoms with E-state index in [0.717, 1.165) is 54.2 Å². The second-order valence-corrected chi connectivity index (χ2v) is 11.9. The monoisotopic (exact) mass is 502 g/mol. The van der Waals surface area contributed by atoms with Crippen LogP contribution in [0.2, 0.25) is 0 Å². The van der Waals surface area contributed by atoms with Crippen molar-refractivity contribution in [2.24, 2.45) is 17.3 Å². The Morgan fingerprint density at radius 2 is 1.51 bits per heavy atom. The fourth-order valence-corrected chi connectivity index (χ4v) is 7.94. The molecule has 7 atom stereocenters. The van der Waals surface area contributed by atoms with Crippen LogP contribution in [0.4, 0.5) is 0 Å². The largest absolute Gasteiger partial charge is 0.388 e. The van der Waals surface area contributed by atoms with Gasteiger partial charge in [-0.3, -0.25) is 0 Å². The highest BCUT2D eigenvalue weighted by Crippen LogP contribution is 2.65. The molecule has 0 aromatic heterocycles. The van der Waals surface area contributed by atoms with Gasteiger partial charge in [-0.25, -0.2) is 0 Å². The van der Waals surface area contributed by atoms with Gasteiger partial charge in [-0.05, 0) is 53.4 Å². The minimum atomic E-state index is -0.786. The highest BCUT2D eigenvalue weighted by Gasteiger charge is 2.73. The van der Waals surface area contributed by atoms with Gasteiger partial charge in [0.2, 0.25) is 0 Å². The Morgan fingerprint density at radius 3 is 2.14 bits per heavy atom. The maximum atomic E-state index is 12.7. The number of hydrogen-bond donors (Lipinski definition) is 1. The molecule has 2 bridgehead atoms. The maximum Gasteiger partial charge on any atom is 0.126 e. The molecule has 2 unspecified atom stereocenters. The molecule has 5 heteroatoms. The second-order valence-electron chi connectivity index (χ2n) is 11.9. The van der Waals surface area contributed by atoms with E-state index in [1.807, 2.05) is 36.4 Å². The lowest BCUT2D eigenvalue weighted by Crippen LogP contribution is -2.57. The molecule has 2 aromatic rings. The van der Waals surface area contributed by atoms with Crippen molar-refractivity contribution in [2.75, 3.05) is 0 Å². The highest BCUT2D eigenvalue weighted by molar-refractivity contribution is 5.59. The van der Waals surface area contributed by atoms with E-state index in [4.69, 9.17) is 14.2 Å². The summed E-state index contributed by atoms with van der Waals surface area (Å²) in [5.41, 5.74) is 3.32. The van der Waals surface area contributed by atoms with Crippen LogP contribution in [0.1, 0.15) is 57.1 Å². The van der Waals surface area contributed by atoms with Crippen molar-refractivity contribution >= 4 is 6.29 Å². The maximum absolute atomic E-state index is 12.7. The fraction of sp³-hybridized carbons (Fsp3) is 0.531. The number of fused-ring (bicyclic) bond motifs is 1. The van der Waals surface area contributed by atoms with Crippen molar-refractivity contribution in [3.05, 3.63) is 82.9 Å². The van der Waals surface area contributed by atoms with Crippen molar-refractivity contribution in [1.29, 1.82) is 0 Å². The van der Waals surface area contributed by atoms with E-state index in [1.165, 1.54) is 0 Å². The summed E-state index contributed by atoms with van der Waals surface area (Å²) < 4.78 is 20.4. The van der Waals surface area contributed by atoms with Gasteiger partial charge in [-0.1, -0.05) is 74.5 Å². The molecule has 2 aliphatic carbocycles. The molecule has 0 radical (unpaired) electrons. The number of aliphatic hydroxyl groups excluding tert-OH is 1. The second kappa shape index (κ2) is 9.77. The van der Waals surface area contributed by atoms with Gasteiger partial charge in [0, 0.05) is 12.3 Å². The molecule has 2 heterocycles. The van der Waals surface area contributed by atoms with Crippen LogP contribution >= 0.6 is 0 Å². The van der Waals surface area contributed by atoms with E-state index in [2.05, 4.69) is 38.1 Å². The van der Waals surface area contributed by atoms with Gasteiger partial charge in [0.1, 0.15) is 18.0 Å². The molecule has 1 spiro atoms. The molecule has 4 aliphatic rings. The molecule has 37 heavy (non-hydrogen) atoms. The normalized spacial score (nSPS) is 36.1. The standard InChI is InChI=1S/C32H38O5/c1-31(2)28-25(18-33)27(34)23-15-9-10-16-24(23)29(36-20-22-13-7-4-8-14-22)32(28)17-26(30(31)37-32)35-19-21-11-5-3-6-12-21/h3-8,11-14,18,25-30,34H,9-10,15-17,19-20H2,1-2H3/t25?,26-,27-,28?,29+,30+,32+/m1/s1. The zero-order chi connectivity index (χ0) is 25.6. The first-order valence-corrected chi connectivity index (χ1v) is 13.8. The van der Waals surface area contributed by atoms with Gasteiger partial charge >= 0.3 is 0 Å². The van der Waals surface area contributed by atoms with Crippen molar-refractivity contribution < 1.29 is 24.1 Å². The summed E-state index contributed by atoms with van der Waals surface area (Å²) >= 11 is 0. The summed E-state index contributed by atoms with van der Waals surface area (Å²) in [7, 11) is 0. The summed E-state index contributed by atoms with van der Waals surface area (Å²) in [4.78, 5) is 12.7. The van der Waals surface area contributed by atoms with Crippen LogP contribution in [0, 0.1) is 17.3 Å². The third kappa shape index (κ3) is 4.11. The molecule has 0 saturated carbocycles. The lowest BCUT2D eigenvalue weighted by Gasteiger charge is -2.48. The van der Waals surface area contributed by atoms with Crippen LogP contribution in [0.25, 0.3) is 0 Å². The molecule has 1 N–H and O–H groups in total. The average molecular weight is 503 g/mol. The van der Waals surface area contributed by atoms with Crippen LogP contribution in [-0.4, -0.2) is 41.4 Å². The minimum Gasteiger partial charge on any atom is -0.388 e. The Hall–Kier alpha value is -2.31. The van der Waals surface area contributed by atoms with Crippen LogP contribution in [-0.2, 0) is 32.2 Å². The van der Waals surface area contributed by atoms with E-state index in [0.29, 0.717) is 19.6 Å². The number of carbonyl (C=O) groups is 1. The van der Waals surface area contributed by atoms with Crippen LogP contribution in [0.3, 0.4) is 0 Å². The van der Waals surface area contributed by atoms with E-state index in [1.54, 1.807) is 0 Å². The third-order valence-corrected chi connectivity index (χ3v) is 9.41. The Labute approximate surface area is 219 Å². The molecule has 2 aromatic carbocycles. The molecule has 2 saturated heterocycles. The number of rotatable bonds is 7. The Kier molecular flexibility index (Phi) is 6.60. The Balaban J connectivity index is 1.40. The summed E-state index contributed by atoms with van der Waals surface area (Å²) in [6.07, 6.45) is 4.03. The predicted octanol–water partition coefficient (Wildman–Crippen LogP) is 5.40. The van der Waals surface area contributed by atoms with Gasteiger partial charge in [0.05, 0.1) is 37.4 Å². The van der Waals surface area contributed by atoms with E-state index in [-0.39, 0.29) is 29.6 Å². The minimum absolute atomic E-state index is 0.107. The lowest BCUT2D eigenvalue weighted by molar-refractivity contribution is -0.139. The summed E-state index contributed by atoms with van der Waals surface area (Å²) in [6.45, 7) is 5.35. The van der Waals surface area contributed by atoms with Crippen molar-refractivity contribution in [3.63, 3.8) is 0 Å². The molecule has 0 amide bonds. The number of ether oxygens (including phenoxy) is 3. The van der Waals surface area contributed by atoms with Gasteiger partial charge in [0.15, 0.2) is 0 Å². The topological polar surface area (TPSA) is 65.0 Å². The summed E-state index contributed by atoms with van der Waals surface area (Å²) in [5.74, 6) is -0.691. The molecule has 2 fully saturated rings. The molecule has 196 valence electrons. The van der Waals surface area contributed by atoms with E-state index in [9.17, 15) is 9.90 Å². The summed E-state index contributed by atoms with van der Waals surface area (Å²) in [6, 6.07) is 20.4. The lowest BCUT2D eigenvalue weighted by atomic mass is 9.56. The molecule has 6 rings (SSSR count). The van der Waals surface area contributed by atoms with Gasteiger partial charge < -0.3 is 24.1 Å². The van der Waals surface area contributed by atoms with Crippen LogP contribution in [0.15, 0.2) is 71.8 Å². The zero-order valence-electron chi connectivity index (χ0n) is 21.8. The number of aliphatic hydroxyl groups is 1. The van der Waals surface area contributed by atoms with Gasteiger partial charge in [-0.15, -0.1) is 0 Å². The number of hydrogen-bond acceptors (Lipinski definition) is 5. The Bertz CT molecular complexity index is 1140. The predicted molar refractivity (Wildman–Crippen MR) is 141 cm³/mol. The van der Waals surface area contributed by atoms with E-state index >= 15 is 0 Å². The van der Waals surface area contributed by atoms with Crippen molar-refractivity contribution in [3.8, 4) is 0 Å². The molecule has 2 aliphatic heterocycles. The number of carbonyl (C=O) groups excluding carboxylic acids is 1.